The number of nitrogens with zero attached hydrogens (tertiary/aromatic N) is 1. The number of amides is 1. The van der Waals surface area contributed by atoms with Crippen molar-refractivity contribution in [3.63, 3.8) is 0 Å². The molecule has 1 aliphatic rings. The number of anilines is 1. The Hall–Kier alpha value is -3.27. The third-order valence-corrected chi connectivity index (χ3v) is 5.15. The highest BCUT2D eigenvalue weighted by atomic mass is 19.4. The van der Waals surface area contributed by atoms with Gasteiger partial charge in [-0.15, -0.1) is 0 Å². The van der Waals surface area contributed by atoms with Crippen LogP contribution in [0.15, 0.2) is 47.6 Å². The fourth-order valence-corrected chi connectivity index (χ4v) is 3.50. The molecule has 3 rings (SSSR count). The molecule has 2 aromatic carbocycles. The van der Waals surface area contributed by atoms with E-state index >= 15 is 0 Å². The standard InChI is InChI=1S/C23H23F5N4O/c24-19-10-18(32-21(33)9-14-2-1-3-16(8-14)23(26,27)28)11-20(25)22(19)15(12-29)13-31-17-4-6-30-7-5-17/h1-3,8,10-13,17,30H,4-7,9,29H2,(H,32,33)/b15-12+,31-13?. The largest absolute Gasteiger partial charge is 0.416 e. The van der Waals surface area contributed by atoms with Gasteiger partial charge in [-0.2, -0.15) is 13.2 Å². The predicted molar refractivity (Wildman–Crippen MR) is 117 cm³/mol. The Bertz CT molecular complexity index is 1040. The zero-order chi connectivity index (χ0) is 24.0. The molecule has 1 amide bonds. The van der Waals surface area contributed by atoms with Crippen LogP contribution in [-0.4, -0.2) is 31.3 Å². The van der Waals surface area contributed by atoms with Crippen molar-refractivity contribution >= 4 is 23.4 Å². The van der Waals surface area contributed by atoms with Crippen LogP contribution in [0, 0.1) is 11.6 Å². The quantitative estimate of drug-likeness (QED) is 0.439. The topological polar surface area (TPSA) is 79.5 Å². The first kappa shape index (κ1) is 24.4. The van der Waals surface area contributed by atoms with E-state index in [0.29, 0.717) is 0 Å². The van der Waals surface area contributed by atoms with Gasteiger partial charge >= 0.3 is 6.18 Å². The summed E-state index contributed by atoms with van der Waals surface area (Å²) in [5, 5.41) is 5.50. The van der Waals surface area contributed by atoms with Crippen LogP contribution in [0.1, 0.15) is 29.5 Å². The summed E-state index contributed by atoms with van der Waals surface area (Å²) in [6.07, 6.45) is -0.945. The van der Waals surface area contributed by atoms with Gasteiger partial charge in [0.2, 0.25) is 5.91 Å². The van der Waals surface area contributed by atoms with E-state index in [-0.39, 0.29) is 28.4 Å². The lowest BCUT2D eigenvalue weighted by Gasteiger charge is -2.19. The number of alkyl halides is 3. The predicted octanol–water partition coefficient (Wildman–Crippen LogP) is 4.29. The van der Waals surface area contributed by atoms with E-state index in [9.17, 15) is 26.7 Å². The number of piperidine rings is 1. The molecule has 1 saturated heterocycles. The number of nitrogens with two attached hydrogens (primary N) is 1. The van der Waals surface area contributed by atoms with Crippen molar-refractivity contribution < 1.29 is 26.7 Å². The maximum absolute atomic E-state index is 14.7. The minimum absolute atomic E-state index is 0.0294. The van der Waals surface area contributed by atoms with Gasteiger partial charge in [-0.25, -0.2) is 8.78 Å². The number of carbonyl (C=O) groups excluding carboxylic acids is 1. The van der Waals surface area contributed by atoms with Crippen molar-refractivity contribution in [2.75, 3.05) is 18.4 Å². The van der Waals surface area contributed by atoms with Gasteiger partial charge in [-0.05, 0) is 49.7 Å². The molecular weight excluding hydrogens is 443 g/mol. The van der Waals surface area contributed by atoms with Crippen LogP contribution in [0.4, 0.5) is 27.6 Å². The molecule has 0 bridgehead atoms. The maximum Gasteiger partial charge on any atom is 0.416 e. The third-order valence-electron chi connectivity index (χ3n) is 5.15. The lowest BCUT2D eigenvalue weighted by molar-refractivity contribution is -0.137. The lowest BCUT2D eigenvalue weighted by atomic mass is 10.0. The molecule has 0 atom stereocenters. The summed E-state index contributed by atoms with van der Waals surface area (Å²) in [7, 11) is 0. The van der Waals surface area contributed by atoms with Gasteiger partial charge in [0.15, 0.2) is 0 Å². The molecule has 0 unspecified atom stereocenters. The molecular formula is C23H23F5N4O. The molecule has 2 aromatic rings. The summed E-state index contributed by atoms with van der Waals surface area (Å²) in [5.41, 5.74) is 4.29. The number of nitrogens with one attached hydrogen (secondary N) is 2. The van der Waals surface area contributed by atoms with Crippen molar-refractivity contribution in [1.82, 2.24) is 5.32 Å². The van der Waals surface area contributed by atoms with E-state index in [1.807, 2.05) is 0 Å². The maximum atomic E-state index is 14.7. The summed E-state index contributed by atoms with van der Waals surface area (Å²) in [6.45, 7) is 1.61. The van der Waals surface area contributed by atoms with Gasteiger partial charge in [0.05, 0.1) is 23.6 Å². The molecule has 1 heterocycles. The van der Waals surface area contributed by atoms with E-state index in [2.05, 4.69) is 15.6 Å². The first-order valence-corrected chi connectivity index (χ1v) is 10.3. The van der Waals surface area contributed by atoms with Crippen molar-refractivity contribution in [3.8, 4) is 0 Å². The van der Waals surface area contributed by atoms with E-state index in [1.165, 1.54) is 18.3 Å². The lowest BCUT2D eigenvalue weighted by Crippen LogP contribution is -2.29. The average Bonchev–Trinajstić information content (AvgIpc) is 2.75. The molecule has 4 N–H and O–H groups in total. The van der Waals surface area contributed by atoms with E-state index in [4.69, 9.17) is 5.73 Å². The minimum atomic E-state index is -4.54. The summed E-state index contributed by atoms with van der Waals surface area (Å²) in [6, 6.07) is 6.16. The first-order valence-electron chi connectivity index (χ1n) is 10.3. The molecule has 1 aliphatic heterocycles. The van der Waals surface area contributed by atoms with Gasteiger partial charge in [0.1, 0.15) is 11.6 Å². The van der Waals surface area contributed by atoms with Gasteiger partial charge in [-0.3, -0.25) is 9.79 Å². The third kappa shape index (κ3) is 6.61. The Morgan fingerprint density at radius 2 is 1.82 bits per heavy atom. The van der Waals surface area contributed by atoms with Crippen LogP contribution in [0.5, 0.6) is 0 Å². The average molecular weight is 466 g/mol. The minimum Gasteiger partial charge on any atom is -0.404 e. The second kappa shape index (κ2) is 10.6. The highest BCUT2D eigenvalue weighted by Gasteiger charge is 2.30. The van der Waals surface area contributed by atoms with Crippen molar-refractivity contribution in [1.29, 1.82) is 0 Å². The molecule has 0 radical (unpaired) electrons. The number of allylic oxidation sites excluding steroid dienone is 1. The van der Waals surface area contributed by atoms with E-state index in [0.717, 1.165) is 56.4 Å². The van der Waals surface area contributed by atoms with Crippen LogP contribution in [0.3, 0.4) is 0 Å². The Morgan fingerprint density at radius 1 is 1.15 bits per heavy atom. The number of rotatable bonds is 6. The second-order valence-corrected chi connectivity index (χ2v) is 7.62. The molecule has 0 spiro atoms. The Morgan fingerprint density at radius 3 is 2.42 bits per heavy atom. The Labute approximate surface area is 187 Å². The van der Waals surface area contributed by atoms with Crippen molar-refractivity contribution in [3.05, 3.63) is 70.9 Å². The molecule has 10 heteroatoms. The molecule has 33 heavy (non-hydrogen) atoms. The fraction of sp³-hybridized carbons (Fsp3) is 0.304. The summed E-state index contributed by atoms with van der Waals surface area (Å²) < 4.78 is 67.9. The molecule has 5 nitrogen and oxygen atoms in total. The molecule has 0 aliphatic carbocycles. The van der Waals surface area contributed by atoms with Gasteiger partial charge in [-0.1, -0.05) is 18.2 Å². The summed E-state index contributed by atoms with van der Waals surface area (Å²) in [5.74, 6) is -2.64. The fourth-order valence-electron chi connectivity index (χ4n) is 3.50. The highest BCUT2D eigenvalue weighted by Crippen LogP contribution is 2.30. The first-order chi connectivity index (χ1) is 15.7. The normalized spacial score (nSPS) is 15.7. The van der Waals surface area contributed by atoms with E-state index in [1.54, 1.807) is 0 Å². The SMILES string of the molecule is N/C=C(\C=NC1CCNCC1)c1c(F)cc(NC(=O)Cc2cccc(C(F)(F)F)c2)cc1F. The molecule has 0 saturated carbocycles. The molecule has 176 valence electrons. The van der Waals surface area contributed by atoms with Gasteiger partial charge in [0.25, 0.3) is 0 Å². The van der Waals surface area contributed by atoms with Crippen LogP contribution in [0.2, 0.25) is 0 Å². The van der Waals surface area contributed by atoms with Crippen molar-refractivity contribution in [2.24, 2.45) is 10.7 Å². The molecule has 0 aromatic heterocycles. The number of carbonyl (C=O) groups is 1. The highest BCUT2D eigenvalue weighted by molar-refractivity contribution is 6.10. The number of halogens is 5. The van der Waals surface area contributed by atoms with Gasteiger partial charge in [0, 0.05) is 23.7 Å². The summed E-state index contributed by atoms with van der Waals surface area (Å²) in [4.78, 5) is 16.6. The number of hydrogen-bond donors (Lipinski definition) is 3. The zero-order valence-electron chi connectivity index (χ0n) is 17.6. The van der Waals surface area contributed by atoms with Crippen LogP contribution >= 0.6 is 0 Å². The number of benzene rings is 2. The monoisotopic (exact) mass is 466 g/mol. The zero-order valence-corrected chi connectivity index (χ0v) is 17.6. The van der Waals surface area contributed by atoms with Crippen LogP contribution in [0.25, 0.3) is 5.57 Å². The number of aliphatic imine (C=N–C) groups is 1. The van der Waals surface area contributed by atoms with Crippen molar-refractivity contribution in [2.45, 2.75) is 31.5 Å². The Balaban J connectivity index is 1.71. The summed E-state index contributed by atoms with van der Waals surface area (Å²) >= 11 is 0. The smallest absolute Gasteiger partial charge is 0.404 e. The van der Waals surface area contributed by atoms with E-state index < -0.39 is 35.7 Å². The second-order valence-electron chi connectivity index (χ2n) is 7.62. The van der Waals surface area contributed by atoms with Crippen LogP contribution in [-0.2, 0) is 17.4 Å². The number of hydrogen-bond acceptors (Lipinski definition) is 4. The Kier molecular flexibility index (Phi) is 7.80. The van der Waals surface area contributed by atoms with Crippen LogP contribution < -0.4 is 16.4 Å². The molecule has 1 fully saturated rings. The van der Waals surface area contributed by atoms with Gasteiger partial charge < -0.3 is 16.4 Å².